The van der Waals surface area contributed by atoms with Crippen molar-refractivity contribution >= 4 is 5.97 Å². The van der Waals surface area contributed by atoms with Crippen molar-refractivity contribution in [2.75, 3.05) is 6.61 Å². The fourth-order valence-corrected chi connectivity index (χ4v) is 3.13. The molecule has 0 unspecified atom stereocenters. The molecule has 0 aliphatic carbocycles. The van der Waals surface area contributed by atoms with E-state index in [0.717, 1.165) is 12.8 Å². The molecule has 0 fully saturated rings. The van der Waals surface area contributed by atoms with Crippen molar-refractivity contribution in [1.29, 1.82) is 0 Å². The first-order valence-corrected chi connectivity index (χ1v) is 12.2. The van der Waals surface area contributed by atoms with Crippen molar-refractivity contribution in [3.8, 4) is 0 Å². The van der Waals surface area contributed by atoms with Gasteiger partial charge < -0.3 is 4.74 Å². The molecule has 0 aliphatic heterocycles. The van der Waals surface area contributed by atoms with E-state index in [4.69, 9.17) is 4.74 Å². The second kappa shape index (κ2) is 25.2. The molecule has 0 amide bonds. The molecule has 0 aromatic rings. The predicted molar refractivity (Wildman–Crippen MR) is 133 cm³/mol. The van der Waals surface area contributed by atoms with Crippen LogP contribution in [0.5, 0.6) is 0 Å². The molecule has 0 heterocycles. The lowest BCUT2D eigenvalue weighted by Crippen LogP contribution is -2.03. The molecule has 2 heteroatoms. The average Bonchev–Trinajstić information content (AvgIpc) is 2.75. The first-order valence-electron chi connectivity index (χ1n) is 12.2. The number of ether oxygens (including phenoxy) is 1. The third-order valence-corrected chi connectivity index (χ3v) is 4.93. The Bertz CT molecular complexity index is 509. The van der Waals surface area contributed by atoms with E-state index in [2.05, 4.69) is 6.92 Å². The number of esters is 1. The van der Waals surface area contributed by atoms with Crippen LogP contribution in [-0.2, 0) is 9.53 Å². The third kappa shape index (κ3) is 24.2. The van der Waals surface area contributed by atoms with Crippen molar-refractivity contribution in [3.05, 3.63) is 60.8 Å². The lowest BCUT2D eigenvalue weighted by Gasteiger charge is -2.03. The second-order valence-electron chi connectivity index (χ2n) is 7.78. The zero-order chi connectivity index (χ0) is 22.0. The molecular weight excluding hydrogens is 368 g/mol. The quantitative estimate of drug-likeness (QED) is 0.113. The summed E-state index contributed by atoms with van der Waals surface area (Å²) in [6.45, 7) is 4.62. The van der Waals surface area contributed by atoms with Crippen LogP contribution >= 0.6 is 0 Å². The van der Waals surface area contributed by atoms with Crippen LogP contribution in [0.1, 0.15) is 104 Å². The van der Waals surface area contributed by atoms with Gasteiger partial charge in [-0.1, -0.05) is 139 Å². The Labute approximate surface area is 186 Å². The fraction of sp³-hybridized carbons (Fsp3) is 0.607. The average molecular weight is 415 g/mol. The first kappa shape index (κ1) is 28.2. The normalized spacial score (nSPS) is 12.5. The number of allylic oxidation sites excluding steroid dienone is 9. The largest absolute Gasteiger partial charge is 0.461 e. The molecule has 0 bridgehead atoms. The van der Waals surface area contributed by atoms with Crippen molar-refractivity contribution < 1.29 is 9.53 Å². The number of rotatable bonds is 20. The van der Waals surface area contributed by atoms with Gasteiger partial charge in [0.25, 0.3) is 0 Å². The van der Waals surface area contributed by atoms with Crippen molar-refractivity contribution in [2.45, 2.75) is 104 Å². The summed E-state index contributed by atoms with van der Waals surface area (Å²) in [5, 5.41) is 0. The fourth-order valence-electron chi connectivity index (χ4n) is 3.13. The van der Waals surface area contributed by atoms with E-state index < -0.39 is 0 Å². The number of carbonyl (C=O) groups excluding carboxylic acids is 1. The Hall–Kier alpha value is -1.83. The van der Waals surface area contributed by atoms with Gasteiger partial charge in [0.1, 0.15) is 6.61 Å². The minimum Gasteiger partial charge on any atom is -0.461 e. The summed E-state index contributed by atoms with van der Waals surface area (Å²) in [5.74, 6) is -0.0827. The Kier molecular flexibility index (Phi) is 23.7. The molecule has 0 radical (unpaired) electrons. The summed E-state index contributed by atoms with van der Waals surface area (Å²) in [6, 6.07) is 0. The number of unbranched alkanes of at least 4 members (excludes halogenated alkanes) is 12. The standard InChI is InChI=1S/C28H46O2/c1-3-5-7-9-11-13-15-16-17-18-20-22-24-26-28(29)30-27-25-23-21-19-14-12-10-8-6-4-2/h4,6,8,10,12,14,19,21,23,25H,3,5,7,9,11,13,15-18,20,22,24,26-27H2,1-2H3/b6-4+,10-8+,14-12+,21-19+,25-23+. The molecule has 0 atom stereocenters. The molecule has 0 aromatic heterocycles. The summed E-state index contributed by atoms with van der Waals surface area (Å²) in [6.07, 6.45) is 37.2. The van der Waals surface area contributed by atoms with Crippen LogP contribution in [0, 0.1) is 0 Å². The van der Waals surface area contributed by atoms with Crippen molar-refractivity contribution in [2.24, 2.45) is 0 Å². The minimum atomic E-state index is -0.0827. The van der Waals surface area contributed by atoms with Crippen LogP contribution in [0.3, 0.4) is 0 Å². The van der Waals surface area contributed by atoms with Gasteiger partial charge in [-0.25, -0.2) is 0 Å². The molecule has 0 rings (SSSR count). The smallest absolute Gasteiger partial charge is 0.306 e. The lowest BCUT2D eigenvalue weighted by atomic mass is 10.0. The highest BCUT2D eigenvalue weighted by atomic mass is 16.5. The van der Waals surface area contributed by atoms with Gasteiger partial charge in [0.05, 0.1) is 0 Å². The van der Waals surface area contributed by atoms with Gasteiger partial charge >= 0.3 is 5.97 Å². The van der Waals surface area contributed by atoms with Crippen LogP contribution in [-0.4, -0.2) is 12.6 Å². The Morgan fingerprint density at radius 3 is 1.53 bits per heavy atom. The van der Waals surface area contributed by atoms with E-state index >= 15 is 0 Å². The number of hydrogen-bond acceptors (Lipinski definition) is 2. The summed E-state index contributed by atoms with van der Waals surface area (Å²) >= 11 is 0. The Morgan fingerprint density at radius 1 is 0.600 bits per heavy atom. The van der Waals surface area contributed by atoms with Gasteiger partial charge in [-0.15, -0.1) is 0 Å². The summed E-state index contributed by atoms with van der Waals surface area (Å²) in [7, 11) is 0. The van der Waals surface area contributed by atoms with Crippen LogP contribution in [0.15, 0.2) is 60.8 Å². The van der Waals surface area contributed by atoms with E-state index in [1.807, 2.05) is 67.7 Å². The maximum atomic E-state index is 11.7. The van der Waals surface area contributed by atoms with Gasteiger partial charge in [0.2, 0.25) is 0 Å². The van der Waals surface area contributed by atoms with E-state index in [1.54, 1.807) is 0 Å². The zero-order valence-corrected chi connectivity index (χ0v) is 19.7. The number of carbonyl (C=O) groups is 1. The van der Waals surface area contributed by atoms with Gasteiger partial charge in [-0.3, -0.25) is 4.79 Å². The Balaban J connectivity index is 3.39. The second-order valence-corrected chi connectivity index (χ2v) is 7.78. The molecule has 0 saturated carbocycles. The van der Waals surface area contributed by atoms with Crippen molar-refractivity contribution in [1.82, 2.24) is 0 Å². The molecule has 0 aliphatic rings. The molecule has 170 valence electrons. The molecule has 30 heavy (non-hydrogen) atoms. The highest BCUT2D eigenvalue weighted by Crippen LogP contribution is 2.13. The van der Waals surface area contributed by atoms with E-state index in [0.29, 0.717) is 13.0 Å². The van der Waals surface area contributed by atoms with Crippen LogP contribution in [0.4, 0.5) is 0 Å². The van der Waals surface area contributed by atoms with Crippen LogP contribution in [0.2, 0.25) is 0 Å². The molecule has 0 aromatic carbocycles. The Morgan fingerprint density at radius 2 is 1.03 bits per heavy atom. The number of hydrogen-bond donors (Lipinski definition) is 0. The minimum absolute atomic E-state index is 0.0827. The molecule has 0 spiro atoms. The molecular formula is C28H46O2. The maximum absolute atomic E-state index is 11.7. The topological polar surface area (TPSA) is 26.3 Å². The molecule has 0 N–H and O–H groups in total. The summed E-state index contributed by atoms with van der Waals surface area (Å²) in [4.78, 5) is 11.7. The lowest BCUT2D eigenvalue weighted by molar-refractivity contribution is -0.142. The van der Waals surface area contributed by atoms with Crippen LogP contribution in [0.25, 0.3) is 0 Å². The van der Waals surface area contributed by atoms with Gasteiger partial charge in [0, 0.05) is 6.42 Å². The summed E-state index contributed by atoms with van der Waals surface area (Å²) < 4.78 is 5.22. The molecule has 2 nitrogen and oxygen atoms in total. The summed E-state index contributed by atoms with van der Waals surface area (Å²) in [5.41, 5.74) is 0. The monoisotopic (exact) mass is 414 g/mol. The SMILES string of the molecule is C/C=C/C=C/C=C/C=C/C=C/COC(=O)CCCCCCCCCCCCCCC. The maximum Gasteiger partial charge on any atom is 0.306 e. The predicted octanol–water partition coefficient (Wildman–Crippen LogP) is 8.81. The first-order chi connectivity index (χ1) is 14.8. The highest BCUT2D eigenvalue weighted by molar-refractivity contribution is 5.69. The van der Waals surface area contributed by atoms with E-state index in [1.165, 1.54) is 70.6 Å². The highest BCUT2D eigenvalue weighted by Gasteiger charge is 2.01. The van der Waals surface area contributed by atoms with Crippen LogP contribution < -0.4 is 0 Å². The van der Waals surface area contributed by atoms with Gasteiger partial charge in [-0.05, 0) is 19.4 Å². The molecule has 0 saturated heterocycles. The van der Waals surface area contributed by atoms with Gasteiger partial charge in [0.15, 0.2) is 0 Å². The van der Waals surface area contributed by atoms with Crippen molar-refractivity contribution in [3.63, 3.8) is 0 Å². The van der Waals surface area contributed by atoms with E-state index in [9.17, 15) is 4.79 Å². The third-order valence-electron chi connectivity index (χ3n) is 4.93. The van der Waals surface area contributed by atoms with E-state index in [-0.39, 0.29) is 5.97 Å². The van der Waals surface area contributed by atoms with Gasteiger partial charge in [-0.2, -0.15) is 0 Å². The zero-order valence-electron chi connectivity index (χ0n) is 19.7.